The second-order valence-electron chi connectivity index (χ2n) is 8.63. The van der Waals surface area contributed by atoms with Crippen LogP contribution in [-0.2, 0) is 11.3 Å². The number of aromatic nitrogens is 1. The summed E-state index contributed by atoms with van der Waals surface area (Å²) in [4.78, 5) is 33.6. The van der Waals surface area contributed by atoms with Gasteiger partial charge in [-0.05, 0) is 49.7 Å². The van der Waals surface area contributed by atoms with Crippen LogP contribution in [-0.4, -0.2) is 69.3 Å². The molecule has 0 aliphatic carbocycles. The van der Waals surface area contributed by atoms with E-state index in [4.69, 9.17) is 21.3 Å². The number of phenols is 1. The minimum atomic E-state index is -0.345. The van der Waals surface area contributed by atoms with E-state index >= 15 is 0 Å². The molecule has 1 fully saturated rings. The van der Waals surface area contributed by atoms with E-state index in [0.717, 1.165) is 6.42 Å². The van der Waals surface area contributed by atoms with Gasteiger partial charge < -0.3 is 24.7 Å². The number of fused-ring (bicyclic) bond motifs is 1. The number of rotatable bonds is 5. The lowest BCUT2D eigenvalue weighted by Gasteiger charge is -2.39. The lowest BCUT2D eigenvalue weighted by molar-refractivity contribution is 0.0412. The monoisotopic (exact) mass is 531 g/mol. The summed E-state index contributed by atoms with van der Waals surface area (Å²) in [7, 11) is 0. The molecule has 1 aliphatic rings. The van der Waals surface area contributed by atoms with Crippen molar-refractivity contribution in [1.29, 1.82) is 0 Å². The number of carbonyl (C=O) groups is 2. The van der Waals surface area contributed by atoms with E-state index in [2.05, 4.69) is 0 Å². The van der Waals surface area contributed by atoms with Crippen LogP contribution in [0.4, 0.5) is 4.79 Å². The third-order valence-corrected chi connectivity index (χ3v) is 6.44. The molecule has 1 aromatic heterocycles. The Balaban J connectivity index is 0.00000361. The molecule has 36 heavy (non-hydrogen) atoms. The maximum absolute atomic E-state index is 13.3. The zero-order valence-corrected chi connectivity index (χ0v) is 22.0. The Morgan fingerprint density at radius 1 is 1.17 bits per heavy atom. The SMILES string of the molecule is CCCOC(=O)N1CCN(C(=O)c2ccc3c(Cl)cc(-c4ccc(O)c(CO)c4)nc3c2)C[C@@H]1C.S. The van der Waals surface area contributed by atoms with Gasteiger partial charge in [0.25, 0.3) is 5.91 Å². The predicted molar refractivity (Wildman–Crippen MR) is 144 cm³/mol. The number of piperazine rings is 1. The standard InChI is InChI=1S/C26H28ClN3O5.H2S/c1-3-10-35-26(34)30-9-8-29(14-16(30)2)25(33)18-4-6-20-21(27)13-22(28-23(20)12-18)17-5-7-24(32)19(11-17)15-31;/h4-7,11-13,16,31-32H,3,8-10,14-15H2,1-2H3;1H2/t16-;/m0./s1. The Morgan fingerprint density at radius 2 is 1.94 bits per heavy atom. The maximum atomic E-state index is 13.3. The summed E-state index contributed by atoms with van der Waals surface area (Å²) in [5.74, 6) is -0.139. The van der Waals surface area contributed by atoms with Gasteiger partial charge in [0, 0.05) is 47.8 Å². The molecule has 8 nitrogen and oxygen atoms in total. The number of halogens is 1. The number of amides is 2. The largest absolute Gasteiger partial charge is 0.508 e. The van der Waals surface area contributed by atoms with Gasteiger partial charge in [-0.3, -0.25) is 4.79 Å². The smallest absolute Gasteiger partial charge is 0.410 e. The maximum Gasteiger partial charge on any atom is 0.410 e. The predicted octanol–water partition coefficient (Wildman–Crippen LogP) is 4.56. The summed E-state index contributed by atoms with van der Waals surface area (Å²) >= 11 is 6.52. The van der Waals surface area contributed by atoms with Crippen LogP contribution < -0.4 is 0 Å². The topological polar surface area (TPSA) is 103 Å². The van der Waals surface area contributed by atoms with Gasteiger partial charge in [-0.2, -0.15) is 13.5 Å². The van der Waals surface area contributed by atoms with E-state index in [1.165, 1.54) is 6.07 Å². The number of ether oxygens (including phenoxy) is 1. The molecule has 1 atom stereocenters. The number of carbonyl (C=O) groups excluding carboxylic acids is 2. The highest BCUT2D eigenvalue weighted by Crippen LogP contribution is 2.31. The normalized spacial score (nSPS) is 15.5. The first-order valence-electron chi connectivity index (χ1n) is 11.6. The minimum Gasteiger partial charge on any atom is -0.508 e. The van der Waals surface area contributed by atoms with Crippen molar-refractivity contribution in [2.75, 3.05) is 26.2 Å². The van der Waals surface area contributed by atoms with Crippen molar-refractivity contribution in [2.45, 2.75) is 32.9 Å². The van der Waals surface area contributed by atoms with Crippen LogP contribution in [0.5, 0.6) is 5.75 Å². The van der Waals surface area contributed by atoms with Crippen LogP contribution in [0.15, 0.2) is 42.5 Å². The van der Waals surface area contributed by atoms with Crippen LogP contribution >= 0.6 is 25.1 Å². The molecule has 2 amide bonds. The number of pyridine rings is 1. The molecule has 4 rings (SSSR count). The Kier molecular flexibility index (Phi) is 9.05. The molecule has 0 saturated carbocycles. The summed E-state index contributed by atoms with van der Waals surface area (Å²) in [5.41, 5.74) is 2.68. The number of aromatic hydroxyl groups is 1. The van der Waals surface area contributed by atoms with Gasteiger partial charge >= 0.3 is 6.09 Å². The summed E-state index contributed by atoms with van der Waals surface area (Å²) in [6, 6.07) is 11.6. The van der Waals surface area contributed by atoms with Crippen molar-refractivity contribution in [3.8, 4) is 17.0 Å². The zero-order valence-electron chi connectivity index (χ0n) is 20.2. The van der Waals surface area contributed by atoms with E-state index < -0.39 is 0 Å². The fourth-order valence-corrected chi connectivity index (χ4v) is 4.47. The molecule has 0 spiro atoms. The van der Waals surface area contributed by atoms with Gasteiger partial charge in [-0.15, -0.1) is 0 Å². The molecule has 0 bridgehead atoms. The quantitative estimate of drug-likeness (QED) is 0.500. The molecular formula is C26H30ClN3O5S. The first-order valence-corrected chi connectivity index (χ1v) is 12.0. The van der Waals surface area contributed by atoms with Crippen LogP contribution in [0.25, 0.3) is 22.2 Å². The van der Waals surface area contributed by atoms with E-state index in [1.807, 2.05) is 13.8 Å². The Morgan fingerprint density at radius 3 is 2.64 bits per heavy atom. The number of hydrogen-bond donors (Lipinski definition) is 2. The van der Waals surface area contributed by atoms with Crippen LogP contribution in [0, 0.1) is 0 Å². The van der Waals surface area contributed by atoms with Crippen molar-refractivity contribution < 1.29 is 24.5 Å². The molecule has 1 saturated heterocycles. The number of nitrogens with zero attached hydrogens (tertiary/aromatic N) is 3. The number of aliphatic hydroxyl groups is 1. The molecule has 3 aromatic rings. The summed E-state index contributed by atoms with van der Waals surface area (Å²) in [5, 5.41) is 20.5. The number of benzene rings is 2. The van der Waals surface area contributed by atoms with Crippen LogP contribution in [0.3, 0.4) is 0 Å². The highest BCUT2D eigenvalue weighted by atomic mass is 35.5. The fourth-order valence-electron chi connectivity index (χ4n) is 4.21. The fraction of sp³-hybridized carbons (Fsp3) is 0.346. The average molecular weight is 532 g/mol. The van der Waals surface area contributed by atoms with Crippen molar-refractivity contribution in [3.05, 3.63) is 58.6 Å². The van der Waals surface area contributed by atoms with Crippen molar-refractivity contribution in [1.82, 2.24) is 14.8 Å². The highest BCUT2D eigenvalue weighted by Gasteiger charge is 2.31. The molecule has 2 heterocycles. The molecule has 192 valence electrons. The van der Waals surface area contributed by atoms with Crippen molar-refractivity contribution >= 4 is 48.0 Å². The van der Waals surface area contributed by atoms with Crippen molar-refractivity contribution in [3.63, 3.8) is 0 Å². The summed E-state index contributed by atoms with van der Waals surface area (Å²) in [6.45, 7) is 5.15. The lowest BCUT2D eigenvalue weighted by atomic mass is 10.0. The van der Waals surface area contributed by atoms with Gasteiger partial charge in [0.1, 0.15) is 5.75 Å². The lowest BCUT2D eigenvalue weighted by Crippen LogP contribution is -2.55. The molecular weight excluding hydrogens is 502 g/mol. The Bertz CT molecular complexity index is 1270. The molecule has 0 radical (unpaired) electrons. The highest BCUT2D eigenvalue weighted by molar-refractivity contribution is 7.59. The van der Waals surface area contributed by atoms with E-state index in [0.29, 0.717) is 64.6 Å². The molecule has 1 aliphatic heterocycles. The summed E-state index contributed by atoms with van der Waals surface area (Å²) in [6.07, 6.45) is 0.414. The van der Waals surface area contributed by atoms with Gasteiger partial charge in [0.05, 0.1) is 29.4 Å². The Hall–Kier alpha value is -3.01. The van der Waals surface area contributed by atoms with E-state index in [-0.39, 0.29) is 43.9 Å². The second-order valence-corrected chi connectivity index (χ2v) is 9.04. The van der Waals surface area contributed by atoms with E-state index in [9.17, 15) is 19.8 Å². The number of hydrogen-bond acceptors (Lipinski definition) is 6. The first kappa shape index (κ1) is 27.6. The van der Waals surface area contributed by atoms with Gasteiger partial charge in [0.15, 0.2) is 0 Å². The van der Waals surface area contributed by atoms with Crippen LogP contribution in [0.1, 0.15) is 36.2 Å². The first-order chi connectivity index (χ1) is 16.8. The Labute approximate surface area is 221 Å². The minimum absolute atomic E-state index is 0. The van der Waals surface area contributed by atoms with Crippen molar-refractivity contribution in [2.24, 2.45) is 0 Å². The second kappa shape index (κ2) is 11.8. The van der Waals surface area contributed by atoms with Gasteiger partial charge in [0.2, 0.25) is 0 Å². The molecule has 2 aromatic carbocycles. The molecule has 2 N–H and O–H groups in total. The molecule has 10 heteroatoms. The van der Waals surface area contributed by atoms with Gasteiger partial charge in [-0.25, -0.2) is 9.78 Å². The number of aliphatic hydroxyl groups excluding tert-OH is 1. The third kappa shape index (κ3) is 5.69. The van der Waals surface area contributed by atoms with Gasteiger partial charge in [-0.1, -0.05) is 24.6 Å². The molecule has 0 unspecified atom stereocenters. The third-order valence-electron chi connectivity index (χ3n) is 6.13. The van der Waals surface area contributed by atoms with E-state index in [1.54, 1.807) is 46.2 Å². The van der Waals surface area contributed by atoms with Crippen LogP contribution in [0.2, 0.25) is 5.02 Å². The zero-order chi connectivity index (χ0) is 25.1. The summed E-state index contributed by atoms with van der Waals surface area (Å²) < 4.78 is 5.24. The average Bonchev–Trinajstić information content (AvgIpc) is 2.86.